The van der Waals surface area contributed by atoms with Crippen LogP contribution in [0.2, 0.25) is 0 Å². The highest BCUT2D eigenvalue weighted by molar-refractivity contribution is 5.66. The van der Waals surface area contributed by atoms with E-state index in [0.717, 1.165) is 12.8 Å². The predicted molar refractivity (Wildman–Crippen MR) is 48.6 cm³/mol. The van der Waals surface area contributed by atoms with Gasteiger partial charge < -0.3 is 10.3 Å². The first-order chi connectivity index (χ1) is 6.18. The molecule has 0 saturated heterocycles. The third-order valence-corrected chi connectivity index (χ3v) is 1.49. The molecule has 0 unspecified atom stereocenters. The van der Waals surface area contributed by atoms with E-state index in [1.165, 1.54) is 24.6 Å². The van der Waals surface area contributed by atoms with Crippen molar-refractivity contribution in [3.05, 3.63) is 4.91 Å². The van der Waals surface area contributed by atoms with Crippen LogP contribution >= 0.6 is 0 Å². The highest BCUT2D eigenvalue weighted by Crippen LogP contribution is 2.04. The summed E-state index contributed by atoms with van der Waals surface area (Å²) in [5.74, 6) is -0.670. The standard InChI is InChI=1S/C8H16O2.HNO2/c1-2-3-4-5-6-7-8(9)10;2-1-3/h2-7H2,1H3,(H,9,10);(H,2,3). The summed E-state index contributed by atoms with van der Waals surface area (Å²) in [6.45, 7) is 2.15. The molecule has 0 amide bonds. The fourth-order valence-corrected chi connectivity index (χ4v) is 0.880. The minimum atomic E-state index is -0.670. The smallest absolute Gasteiger partial charge is 0.303 e. The van der Waals surface area contributed by atoms with E-state index in [4.69, 9.17) is 15.2 Å². The molecule has 0 rings (SSSR count). The number of carboxylic acids is 1. The molecule has 0 radical (unpaired) electrons. The van der Waals surface area contributed by atoms with Crippen LogP contribution in [-0.4, -0.2) is 16.3 Å². The average Bonchev–Trinajstić information content (AvgIpc) is 2.05. The molecule has 0 atom stereocenters. The van der Waals surface area contributed by atoms with Crippen molar-refractivity contribution in [3.8, 4) is 0 Å². The van der Waals surface area contributed by atoms with Crippen LogP contribution in [0.5, 0.6) is 0 Å². The number of aliphatic carboxylic acids is 1. The zero-order valence-electron chi connectivity index (χ0n) is 7.90. The molecule has 0 bridgehead atoms. The number of unbranched alkanes of at least 4 members (excludes halogenated alkanes) is 4. The Labute approximate surface area is 77.7 Å². The maximum absolute atomic E-state index is 10.0. The van der Waals surface area contributed by atoms with Crippen LogP contribution in [0.1, 0.15) is 45.4 Å². The summed E-state index contributed by atoms with van der Waals surface area (Å²) < 4.78 is 0. The SMILES string of the molecule is CCCCCCCC(=O)O.O=NO. The van der Waals surface area contributed by atoms with E-state index in [2.05, 4.69) is 6.92 Å². The Morgan fingerprint density at radius 3 is 2.08 bits per heavy atom. The molecule has 0 spiro atoms. The number of rotatable bonds is 6. The third-order valence-electron chi connectivity index (χ3n) is 1.49. The molecule has 0 heterocycles. The quantitative estimate of drug-likeness (QED) is 0.383. The number of carbonyl (C=O) groups is 1. The average molecular weight is 191 g/mol. The van der Waals surface area contributed by atoms with Crippen molar-refractivity contribution in [2.24, 2.45) is 5.34 Å². The highest BCUT2D eigenvalue weighted by Gasteiger charge is 1.94. The second-order valence-electron chi connectivity index (χ2n) is 2.64. The molecular formula is C8H17NO4. The van der Waals surface area contributed by atoms with Gasteiger partial charge >= 0.3 is 5.97 Å². The fraction of sp³-hybridized carbons (Fsp3) is 0.875. The van der Waals surface area contributed by atoms with E-state index in [9.17, 15) is 4.79 Å². The van der Waals surface area contributed by atoms with Crippen LogP contribution in [0.3, 0.4) is 0 Å². The van der Waals surface area contributed by atoms with Crippen LogP contribution in [-0.2, 0) is 4.79 Å². The summed E-state index contributed by atoms with van der Waals surface area (Å²) in [6.07, 6.45) is 5.88. The van der Waals surface area contributed by atoms with E-state index in [1.807, 2.05) is 0 Å². The summed E-state index contributed by atoms with van der Waals surface area (Å²) >= 11 is 0. The summed E-state index contributed by atoms with van der Waals surface area (Å²) in [5.41, 5.74) is 0. The van der Waals surface area contributed by atoms with Gasteiger partial charge in [0.05, 0.1) is 0 Å². The van der Waals surface area contributed by atoms with Gasteiger partial charge in [0, 0.05) is 6.42 Å². The van der Waals surface area contributed by atoms with Gasteiger partial charge in [-0.15, -0.1) is 4.91 Å². The Hall–Kier alpha value is -1.13. The highest BCUT2D eigenvalue weighted by atomic mass is 16.6. The summed E-state index contributed by atoms with van der Waals surface area (Å²) in [4.78, 5) is 18.1. The Bertz CT molecular complexity index is 127. The molecule has 2 N–H and O–H groups in total. The normalized spacial score (nSPS) is 8.38. The fourth-order valence-electron chi connectivity index (χ4n) is 0.880. The molecule has 0 aromatic heterocycles. The minimum Gasteiger partial charge on any atom is -0.481 e. The van der Waals surface area contributed by atoms with Crippen molar-refractivity contribution in [3.63, 3.8) is 0 Å². The van der Waals surface area contributed by atoms with Crippen molar-refractivity contribution in [2.45, 2.75) is 45.4 Å². The molecule has 78 valence electrons. The predicted octanol–water partition coefficient (Wildman–Crippen LogP) is 2.57. The summed E-state index contributed by atoms with van der Waals surface area (Å²) in [7, 11) is 0. The molecule has 5 heteroatoms. The largest absolute Gasteiger partial charge is 0.481 e. The van der Waals surface area contributed by atoms with Crippen LogP contribution in [0.25, 0.3) is 0 Å². The van der Waals surface area contributed by atoms with E-state index in [-0.39, 0.29) is 0 Å². The topological polar surface area (TPSA) is 87.0 Å². The molecule has 0 aromatic carbocycles. The molecule has 0 saturated carbocycles. The maximum atomic E-state index is 10.0. The second-order valence-corrected chi connectivity index (χ2v) is 2.64. The lowest BCUT2D eigenvalue weighted by Gasteiger charge is -1.95. The Balaban J connectivity index is 0. The first kappa shape index (κ1) is 14.4. The maximum Gasteiger partial charge on any atom is 0.303 e. The third kappa shape index (κ3) is 24.8. The van der Waals surface area contributed by atoms with Gasteiger partial charge in [0.25, 0.3) is 0 Å². The van der Waals surface area contributed by atoms with Crippen molar-refractivity contribution in [1.82, 2.24) is 0 Å². The Morgan fingerprint density at radius 2 is 1.69 bits per heavy atom. The van der Waals surface area contributed by atoms with E-state index < -0.39 is 5.97 Å². The van der Waals surface area contributed by atoms with Crippen LogP contribution in [0.4, 0.5) is 0 Å². The van der Waals surface area contributed by atoms with Gasteiger partial charge in [-0.25, -0.2) is 0 Å². The lowest BCUT2D eigenvalue weighted by atomic mass is 10.1. The minimum absolute atomic E-state index is 0.337. The molecule has 5 nitrogen and oxygen atoms in total. The summed E-state index contributed by atoms with van der Waals surface area (Å²) in [5, 5.41) is 16.2. The van der Waals surface area contributed by atoms with Gasteiger partial charge in [-0.05, 0) is 6.42 Å². The molecule has 0 aliphatic carbocycles. The number of hydrogen-bond acceptors (Lipinski definition) is 3. The lowest BCUT2D eigenvalue weighted by Crippen LogP contribution is -1.93. The van der Waals surface area contributed by atoms with Crippen molar-refractivity contribution >= 4 is 5.97 Å². The van der Waals surface area contributed by atoms with Crippen LogP contribution in [0, 0.1) is 4.91 Å². The van der Waals surface area contributed by atoms with E-state index >= 15 is 0 Å². The monoisotopic (exact) mass is 191 g/mol. The van der Waals surface area contributed by atoms with Gasteiger partial charge in [-0.2, -0.15) is 0 Å². The van der Waals surface area contributed by atoms with Gasteiger partial charge in [0.15, 0.2) is 5.34 Å². The summed E-state index contributed by atoms with van der Waals surface area (Å²) in [6, 6.07) is 0. The lowest BCUT2D eigenvalue weighted by molar-refractivity contribution is -0.137. The van der Waals surface area contributed by atoms with Crippen molar-refractivity contribution in [2.75, 3.05) is 0 Å². The van der Waals surface area contributed by atoms with Crippen LogP contribution in [0.15, 0.2) is 5.34 Å². The van der Waals surface area contributed by atoms with Gasteiger partial charge in [0.2, 0.25) is 0 Å². The second kappa shape index (κ2) is 13.5. The van der Waals surface area contributed by atoms with Crippen molar-refractivity contribution in [1.29, 1.82) is 0 Å². The zero-order chi connectivity index (χ0) is 10.5. The first-order valence-corrected chi connectivity index (χ1v) is 4.37. The molecule has 0 aromatic rings. The zero-order valence-corrected chi connectivity index (χ0v) is 7.90. The molecule has 0 aliphatic heterocycles. The van der Waals surface area contributed by atoms with E-state index in [1.54, 1.807) is 0 Å². The van der Waals surface area contributed by atoms with Gasteiger partial charge in [0.1, 0.15) is 0 Å². The number of hydrogen-bond donors (Lipinski definition) is 2. The Morgan fingerprint density at radius 1 is 1.23 bits per heavy atom. The molecule has 13 heavy (non-hydrogen) atoms. The number of nitrogens with zero attached hydrogens (tertiary/aromatic N) is 1. The Kier molecular flexibility index (Phi) is 14.9. The van der Waals surface area contributed by atoms with Crippen LogP contribution < -0.4 is 0 Å². The molecular weight excluding hydrogens is 174 g/mol. The van der Waals surface area contributed by atoms with Gasteiger partial charge in [-0.1, -0.05) is 32.6 Å². The number of carboxylic acid groups (broad SMARTS) is 1. The van der Waals surface area contributed by atoms with E-state index in [0.29, 0.717) is 6.42 Å². The van der Waals surface area contributed by atoms with Crippen molar-refractivity contribution < 1.29 is 15.1 Å². The van der Waals surface area contributed by atoms with Gasteiger partial charge in [-0.3, -0.25) is 4.79 Å². The molecule has 0 fully saturated rings. The first-order valence-electron chi connectivity index (χ1n) is 4.37. The molecule has 0 aliphatic rings.